The van der Waals surface area contributed by atoms with Crippen molar-refractivity contribution in [2.24, 2.45) is 0 Å². The summed E-state index contributed by atoms with van der Waals surface area (Å²) in [4.78, 5) is 0. The van der Waals surface area contributed by atoms with Crippen molar-refractivity contribution in [1.82, 2.24) is 0 Å². The smallest absolute Gasteiger partial charge is 0.0801 e. The molecule has 1 heteroatoms. The van der Waals surface area contributed by atoms with E-state index in [1.54, 1.807) is 0 Å². The Morgan fingerprint density at radius 3 is 1.97 bits per heavy atom. The minimum Gasteiger partial charge on any atom is -0.0801 e. The summed E-state index contributed by atoms with van der Waals surface area (Å²) >= 11 is 0. The second kappa shape index (κ2) is 7.68. The lowest BCUT2D eigenvalue weighted by Crippen LogP contribution is -2.53. The van der Waals surface area contributed by atoms with E-state index >= 15 is 0 Å². The van der Waals surface area contributed by atoms with Crippen LogP contribution in [0.3, 0.4) is 0 Å². The average molecular weight is 412 g/mol. The zero-order valence-electron chi connectivity index (χ0n) is 17.4. The lowest BCUT2D eigenvalue weighted by atomic mass is 9.95. The SMILES string of the molecule is C1=CCC(c2c([Si](c3ccccc3)c3ccccc3)ccc3c2Cc2ccccc2-3)=C1. The monoisotopic (exact) mass is 411 g/mol. The third kappa shape index (κ3) is 3.13. The fraction of sp³-hybridized carbons (Fsp3) is 0.0667. The van der Waals surface area contributed by atoms with Gasteiger partial charge in [0.2, 0.25) is 0 Å². The van der Waals surface area contributed by atoms with Crippen LogP contribution in [0.5, 0.6) is 0 Å². The topological polar surface area (TPSA) is 0 Å². The molecule has 0 N–H and O–H groups in total. The molecule has 0 saturated carbocycles. The second-order valence-electron chi connectivity index (χ2n) is 8.28. The highest BCUT2D eigenvalue weighted by molar-refractivity contribution is 6.96. The minimum absolute atomic E-state index is 1.03. The van der Waals surface area contributed by atoms with Gasteiger partial charge in [-0.3, -0.25) is 0 Å². The summed E-state index contributed by atoms with van der Waals surface area (Å²) in [5, 5.41) is 4.41. The van der Waals surface area contributed by atoms with Crippen LogP contribution < -0.4 is 15.6 Å². The molecule has 0 heterocycles. The summed E-state index contributed by atoms with van der Waals surface area (Å²) in [7, 11) is -1.12. The Hall–Kier alpha value is -3.42. The van der Waals surface area contributed by atoms with Gasteiger partial charge in [0.25, 0.3) is 0 Å². The number of benzene rings is 4. The molecule has 0 aliphatic heterocycles. The molecule has 0 aromatic heterocycles. The summed E-state index contributed by atoms with van der Waals surface area (Å²) < 4.78 is 0. The molecule has 31 heavy (non-hydrogen) atoms. The molecule has 4 aromatic carbocycles. The van der Waals surface area contributed by atoms with Gasteiger partial charge in [0.05, 0.1) is 0 Å². The Morgan fingerprint density at radius 1 is 0.613 bits per heavy atom. The van der Waals surface area contributed by atoms with E-state index in [2.05, 4.69) is 115 Å². The minimum atomic E-state index is -1.12. The average Bonchev–Trinajstić information content (AvgIpc) is 3.49. The largest absolute Gasteiger partial charge is 0.155 e. The Bertz CT molecular complexity index is 1270. The van der Waals surface area contributed by atoms with Crippen LogP contribution in [0.2, 0.25) is 0 Å². The van der Waals surface area contributed by atoms with Crippen LogP contribution in [0.15, 0.2) is 115 Å². The van der Waals surface area contributed by atoms with E-state index in [-0.39, 0.29) is 0 Å². The van der Waals surface area contributed by atoms with Gasteiger partial charge in [0, 0.05) is 0 Å². The molecule has 0 unspecified atom stereocenters. The van der Waals surface area contributed by atoms with E-state index in [9.17, 15) is 0 Å². The Morgan fingerprint density at radius 2 is 1.29 bits per heavy atom. The number of fused-ring (bicyclic) bond motifs is 3. The van der Waals surface area contributed by atoms with Crippen LogP contribution in [0, 0.1) is 0 Å². The first-order valence-electron chi connectivity index (χ1n) is 11.0. The van der Waals surface area contributed by atoms with E-state index in [1.165, 1.54) is 49.0 Å². The summed E-state index contributed by atoms with van der Waals surface area (Å²) in [6, 6.07) is 36.0. The predicted molar refractivity (Wildman–Crippen MR) is 134 cm³/mol. The highest BCUT2D eigenvalue weighted by atomic mass is 28.3. The number of rotatable bonds is 4. The molecule has 2 aliphatic carbocycles. The third-order valence-electron chi connectivity index (χ3n) is 6.47. The van der Waals surface area contributed by atoms with Gasteiger partial charge in [-0.2, -0.15) is 0 Å². The molecule has 6 rings (SSSR count). The lowest BCUT2D eigenvalue weighted by Gasteiger charge is -2.23. The van der Waals surface area contributed by atoms with Crippen molar-refractivity contribution in [2.75, 3.05) is 0 Å². The number of hydrogen-bond acceptors (Lipinski definition) is 0. The van der Waals surface area contributed by atoms with Crippen LogP contribution in [-0.4, -0.2) is 8.80 Å². The maximum atomic E-state index is 2.43. The molecule has 0 spiro atoms. The van der Waals surface area contributed by atoms with Gasteiger partial charge in [-0.15, -0.1) is 0 Å². The van der Waals surface area contributed by atoms with Gasteiger partial charge >= 0.3 is 0 Å². The van der Waals surface area contributed by atoms with E-state index < -0.39 is 8.80 Å². The molecule has 1 radical (unpaired) electrons. The molecule has 0 atom stereocenters. The molecule has 4 aromatic rings. The van der Waals surface area contributed by atoms with Crippen molar-refractivity contribution in [3.05, 3.63) is 132 Å². The first-order valence-corrected chi connectivity index (χ1v) is 12.5. The number of allylic oxidation sites excluding steroid dienone is 4. The fourth-order valence-corrected chi connectivity index (χ4v) is 7.92. The standard InChI is InChI=1S/C30H23Si/c1-3-14-24(15-4-1)31(25-16-5-2-6-17-25)29-20-19-27-26-18-10-9-13-23(26)21-28(27)30(29)22-11-7-8-12-22/h1-11,13-20H,12,21H2. The summed E-state index contributed by atoms with van der Waals surface area (Å²) in [6.07, 6.45) is 8.90. The fourth-order valence-electron chi connectivity index (χ4n) is 5.11. The normalized spacial score (nSPS) is 13.9. The Labute approximate surface area is 185 Å². The van der Waals surface area contributed by atoms with Crippen molar-refractivity contribution in [3.63, 3.8) is 0 Å². The summed E-state index contributed by atoms with van der Waals surface area (Å²) in [5.74, 6) is 0. The molecule has 0 fully saturated rings. The highest BCUT2D eigenvalue weighted by Crippen LogP contribution is 2.40. The van der Waals surface area contributed by atoms with Gasteiger partial charge in [0.15, 0.2) is 8.80 Å². The van der Waals surface area contributed by atoms with Gasteiger partial charge in [-0.25, -0.2) is 0 Å². The maximum Gasteiger partial charge on any atom is 0.155 e. The lowest BCUT2D eigenvalue weighted by molar-refractivity contribution is 1.24. The van der Waals surface area contributed by atoms with Crippen LogP contribution in [0.1, 0.15) is 23.1 Å². The second-order valence-corrected chi connectivity index (χ2v) is 10.7. The van der Waals surface area contributed by atoms with E-state index in [4.69, 9.17) is 0 Å². The van der Waals surface area contributed by atoms with E-state index in [0.717, 1.165) is 12.8 Å². The zero-order valence-corrected chi connectivity index (χ0v) is 18.4. The predicted octanol–water partition coefficient (Wildman–Crippen LogP) is 5.12. The zero-order chi connectivity index (χ0) is 20.6. The number of hydrogen-bond donors (Lipinski definition) is 0. The summed E-state index contributed by atoms with van der Waals surface area (Å²) in [5.41, 5.74) is 8.77. The molecule has 0 amide bonds. The quantitative estimate of drug-likeness (QED) is 0.284. The van der Waals surface area contributed by atoms with Crippen molar-refractivity contribution >= 4 is 29.9 Å². The molecule has 0 bridgehead atoms. The molecule has 2 aliphatic rings. The van der Waals surface area contributed by atoms with Crippen molar-refractivity contribution in [2.45, 2.75) is 12.8 Å². The van der Waals surface area contributed by atoms with Crippen LogP contribution in [0.25, 0.3) is 16.7 Å². The van der Waals surface area contributed by atoms with E-state index in [1.807, 2.05) is 0 Å². The van der Waals surface area contributed by atoms with Crippen molar-refractivity contribution in [3.8, 4) is 11.1 Å². The Balaban J connectivity index is 1.62. The van der Waals surface area contributed by atoms with Gasteiger partial charge in [-0.05, 0) is 51.4 Å². The Kier molecular flexibility index (Phi) is 4.55. The first-order chi connectivity index (χ1) is 15.4. The van der Waals surface area contributed by atoms with E-state index in [0.29, 0.717) is 0 Å². The van der Waals surface area contributed by atoms with Gasteiger partial charge < -0.3 is 0 Å². The van der Waals surface area contributed by atoms with Crippen molar-refractivity contribution < 1.29 is 0 Å². The molecular formula is C30H23Si. The molecular weight excluding hydrogens is 388 g/mol. The van der Waals surface area contributed by atoms with Crippen molar-refractivity contribution in [1.29, 1.82) is 0 Å². The highest BCUT2D eigenvalue weighted by Gasteiger charge is 2.29. The first kappa shape index (κ1) is 18.4. The van der Waals surface area contributed by atoms with Crippen LogP contribution >= 0.6 is 0 Å². The van der Waals surface area contributed by atoms with Gasteiger partial charge in [-0.1, -0.05) is 126 Å². The summed E-state index contributed by atoms with van der Waals surface area (Å²) in [6.45, 7) is 0. The maximum absolute atomic E-state index is 2.43. The molecule has 0 nitrogen and oxygen atoms in total. The van der Waals surface area contributed by atoms with Crippen LogP contribution in [0.4, 0.5) is 0 Å². The van der Waals surface area contributed by atoms with Gasteiger partial charge in [0.1, 0.15) is 0 Å². The van der Waals surface area contributed by atoms with Crippen LogP contribution in [-0.2, 0) is 6.42 Å². The molecule has 0 saturated heterocycles. The molecule has 147 valence electrons. The third-order valence-corrected chi connectivity index (χ3v) is 9.25.